The Morgan fingerprint density at radius 2 is 1.96 bits per heavy atom. The van der Waals surface area contributed by atoms with Crippen LogP contribution in [0.15, 0.2) is 38.3 Å². The lowest BCUT2D eigenvalue weighted by Crippen LogP contribution is -2.37. The highest BCUT2D eigenvalue weighted by Crippen LogP contribution is 2.48. The molecule has 126 valence electrons. The van der Waals surface area contributed by atoms with Crippen molar-refractivity contribution in [2.24, 2.45) is 10.9 Å². The first kappa shape index (κ1) is 16.1. The van der Waals surface area contributed by atoms with Crippen LogP contribution in [-0.2, 0) is 14.6 Å². The number of carbonyl (C=O) groups is 1. The molecule has 2 aliphatic heterocycles. The minimum atomic E-state index is -3.43. The number of allylic oxidation sites excluding steroid dienone is 2. The van der Waals surface area contributed by atoms with Crippen molar-refractivity contribution in [2.75, 3.05) is 5.75 Å². The second-order valence-corrected chi connectivity index (χ2v) is 9.36. The molecule has 1 aliphatic carbocycles. The van der Waals surface area contributed by atoms with E-state index >= 15 is 0 Å². The highest BCUT2D eigenvalue weighted by molar-refractivity contribution is 9.10. The Morgan fingerprint density at radius 1 is 1.17 bits per heavy atom. The molecule has 1 aromatic carbocycles. The quantitative estimate of drug-likeness (QED) is 0.709. The predicted octanol–water partition coefficient (Wildman–Crippen LogP) is 3.53. The van der Waals surface area contributed by atoms with Gasteiger partial charge in [-0.1, -0.05) is 6.07 Å². The SMILES string of the molecule is O=C1CCCC2=NC3=C(C(c4ccc(F)c(Br)c4)C12)S(=O)(=O)CC3. The van der Waals surface area contributed by atoms with Crippen molar-refractivity contribution >= 4 is 37.3 Å². The van der Waals surface area contributed by atoms with Crippen molar-refractivity contribution in [3.05, 3.63) is 44.7 Å². The summed E-state index contributed by atoms with van der Waals surface area (Å²) in [6, 6.07) is 4.47. The number of halogens is 2. The van der Waals surface area contributed by atoms with Gasteiger partial charge in [-0.05, 0) is 46.5 Å². The van der Waals surface area contributed by atoms with E-state index in [2.05, 4.69) is 20.9 Å². The number of rotatable bonds is 1. The molecule has 7 heteroatoms. The van der Waals surface area contributed by atoms with Crippen LogP contribution in [0, 0.1) is 11.7 Å². The number of Topliss-reactive ketones (excluding diaryl/α,β-unsaturated/α-hetero) is 1. The third-order valence-corrected chi connectivity index (χ3v) is 7.50. The van der Waals surface area contributed by atoms with E-state index in [0.717, 1.165) is 12.1 Å². The van der Waals surface area contributed by atoms with Crippen LogP contribution in [0.2, 0.25) is 0 Å². The summed E-state index contributed by atoms with van der Waals surface area (Å²) in [4.78, 5) is 17.4. The average Bonchev–Trinajstić information content (AvgIpc) is 2.84. The lowest BCUT2D eigenvalue weighted by Gasteiger charge is -2.34. The third kappa shape index (κ3) is 2.40. The fourth-order valence-electron chi connectivity index (χ4n) is 3.95. The van der Waals surface area contributed by atoms with Crippen molar-refractivity contribution in [1.82, 2.24) is 0 Å². The van der Waals surface area contributed by atoms with E-state index < -0.39 is 27.5 Å². The van der Waals surface area contributed by atoms with Crippen LogP contribution in [0.4, 0.5) is 4.39 Å². The van der Waals surface area contributed by atoms with E-state index in [-0.39, 0.29) is 20.9 Å². The van der Waals surface area contributed by atoms with Gasteiger partial charge in [0.15, 0.2) is 9.84 Å². The molecule has 0 saturated heterocycles. The Labute approximate surface area is 147 Å². The van der Waals surface area contributed by atoms with Gasteiger partial charge in [-0.2, -0.15) is 0 Å². The molecule has 0 spiro atoms. The Balaban J connectivity index is 1.94. The maximum atomic E-state index is 13.6. The van der Waals surface area contributed by atoms with Crippen molar-refractivity contribution in [1.29, 1.82) is 0 Å². The zero-order valence-corrected chi connectivity index (χ0v) is 15.2. The van der Waals surface area contributed by atoms with Gasteiger partial charge in [-0.25, -0.2) is 12.8 Å². The molecule has 1 fully saturated rings. The predicted molar refractivity (Wildman–Crippen MR) is 92.1 cm³/mol. The Bertz CT molecular complexity index is 920. The van der Waals surface area contributed by atoms with Gasteiger partial charge in [-0.3, -0.25) is 9.79 Å². The lowest BCUT2D eigenvalue weighted by atomic mass is 9.72. The van der Waals surface area contributed by atoms with E-state index in [1.54, 1.807) is 12.1 Å². The van der Waals surface area contributed by atoms with Crippen molar-refractivity contribution in [3.63, 3.8) is 0 Å². The van der Waals surface area contributed by atoms with Crippen LogP contribution in [-0.4, -0.2) is 25.7 Å². The Morgan fingerprint density at radius 3 is 2.71 bits per heavy atom. The summed E-state index contributed by atoms with van der Waals surface area (Å²) in [7, 11) is -3.43. The normalized spacial score (nSPS) is 28.4. The molecule has 0 bridgehead atoms. The maximum Gasteiger partial charge on any atom is 0.177 e. The molecule has 3 aliphatic rings. The summed E-state index contributed by atoms with van der Waals surface area (Å²) in [5.74, 6) is -1.47. The first-order valence-corrected chi connectivity index (χ1v) is 10.3. The minimum absolute atomic E-state index is 0.0269. The van der Waals surface area contributed by atoms with E-state index in [0.29, 0.717) is 30.5 Å². The summed E-state index contributed by atoms with van der Waals surface area (Å²) >= 11 is 3.16. The number of benzene rings is 1. The fourth-order valence-corrected chi connectivity index (χ4v) is 6.19. The highest BCUT2D eigenvalue weighted by atomic mass is 79.9. The molecule has 0 radical (unpaired) electrons. The maximum absolute atomic E-state index is 13.6. The third-order valence-electron chi connectivity index (χ3n) is 4.99. The van der Waals surface area contributed by atoms with Crippen molar-refractivity contribution in [2.45, 2.75) is 31.6 Å². The monoisotopic (exact) mass is 411 g/mol. The molecule has 1 saturated carbocycles. The summed E-state index contributed by atoms with van der Waals surface area (Å²) in [5.41, 5.74) is 2.02. The first-order valence-electron chi connectivity index (χ1n) is 7.89. The number of ketones is 1. The molecule has 2 heterocycles. The average molecular weight is 412 g/mol. The van der Waals surface area contributed by atoms with Crippen LogP contribution >= 0.6 is 15.9 Å². The second kappa shape index (κ2) is 5.59. The standard InChI is InChI=1S/C17H15BrFNO3S/c18-10-8-9(4-5-11(10)19)15-16-12(2-1-3-14(16)21)20-13-6-7-24(22,23)17(13)15/h4-5,8,15-16H,1-3,6-7H2. The van der Waals surface area contributed by atoms with E-state index in [1.165, 1.54) is 6.07 Å². The molecule has 4 nitrogen and oxygen atoms in total. The van der Waals surface area contributed by atoms with E-state index in [1.807, 2.05) is 0 Å². The Kier molecular flexibility index (Phi) is 3.76. The van der Waals surface area contributed by atoms with Gasteiger partial charge in [-0.15, -0.1) is 0 Å². The van der Waals surface area contributed by atoms with Crippen LogP contribution in [0.25, 0.3) is 0 Å². The summed E-state index contributed by atoms with van der Waals surface area (Å²) in [5, 5.41) is 0. The number of carbonyl (C=O) groups excluding carboxylic acids is 1. The van der Waals surface area contributed by atoms with Crippen molar-refractivity contribution < 1.29 is 17.6 Å². The number of nitrogens with zero attached hydrogens (tertiary/aromatic N) is 1. The first-order chi connectivity index (χ1) is 11.4. The molecule has 4 rings (SSSR count). The molecule has 1 aromatic rings. The summed E-state index contributed by atoms with van der Waals surface area (Å²) in [6.07, 6.45) is 2.29. The number of hydrogen-bond donors (Lipinski definition) is 0. The van der Waals surface area contributed by atoms with Gasteiger partial charge in [0, 0.05) is 24.5 Å². The second-order valence-electron chi connectivity index (χ2n) is 6.43. The van der Waals surface area contributed by atoms with Gasteiger partial charge >= 0.3 is 0 Å². The van der Waals surface area contributed by atoms with E-state index in [9.17, 15) is 17.6 Å². The molecule has 2 atom stereocenters. The molecule has 2 unspecified atom stereocenters. The van der Waals surface area contributed by atoms with Crippen molar-refractivity contribution in [3.8, 4) is 0 Å². The van der Waals surface area contributed by atoms with Crippen LogP contribution in [0.3, 0.4) is 0 Å². The zero-order chi connectivity index (χ0) is 17.1. The number of fused-ring (bicyclic) bond motifs is 1. The number of sulfone groups is 1. The van der Waals surface area contributed by atoms with Crippen LogP contribution < -0.4 is 0 Å². The summed E-state index contributed by atoms with van der Waals surface area (Å²) < 4.78 is 39.1. The molecule has 24 heavy (non-hydrogen) atoms. The summed E-state index contributed by atoms with van der Waals surface area (Å²) in [6.45, 7) is 0. The zero-order valence-electron chi connectivity index (χ0n) is 12.8. The van der Waals surface area contributed by atoms with Gasteiger partial charge < -0.3 is 0 Å². The smallest absolute Gasteiger partial charge is 0.177 e. The van der Waals surface area contributed by atoms with Gasteiger partial charge in [0.1, 0.15) is 11.6 Å². The molecule has 0 amide bonds. The molecular weight excluding hydrogens is 397 g/mol. The molecule has 0 N–H and O–H groups in total. The topological polar surface area (TPSA) is 63.6 Å². The largest absolute Gasteiger partial charge is 0.299 e. The van der Waals surface area contributed by atoms with Crippen LogP contribution in [0.1, 0.15) is 37.2 Å². The number of aliphatic imine (C=N–C) groups is 1. The number of hydrogen-bond acceptors (Lipinski definition) is 4. The fraction of sp³-hybridized carbons (Fsp3) is 0.412. The highest BCUT2D eigenvalue weighted by Gasteiger charge is 2.47. The molecular formula is C17H15BrFNO3S. The van der Waals surface area contributed by atoms with Gasteiger partial charge in [0.2, 0.25) is 0 Å². The molecule has 0 aromatic heterocycles. The van der Waals surface area contributed by atoms with Gasteiger partial charge in [0.25, 0.3) is 0 Å². The Hall–Kier alpha value is -1.34. The van der Waals surface area contributed by atoms with Crippen LogP contribution in [0.5, 0.6) is 0 Å². The lowest BCUT2D eigenvalue weighted by molar-refractivity contribution is -0.121. The van der Waals surface area contributed by atoms with E-state index in [4.69, 9.17) is 0 Å². The van der Waals surface area contributed by atoms with Gasteiger partial charge in [0.05, 0.1) is 26.7 Å². The minimum Gasteiger partial charge on any atom is -0.299 e.